The monoisotopic (exact) mass is 342 g/mol. The van der Waals surface area contributed by atoms with Crippen LogP contribution >= 0.6 is 0 Å². The number of hydrogen-bond acceptors (Lipinski definition) is 4. The lowest BCUT2D eigenvalue weighted by atomic mass is 10.1. The molecule has 3 aromatic rings. The second kappa shape index (κ2) is 8.27. The number of nitrogens with one attached hydrogen (secondary N) is 2. The van der Waals surface area contributed by atoms with Crippen molar-refractivity contribution in [1.29, 1.82) is 10.8 Å². The molecular weight excluding hydrogens is 324 g/mol. The van der Waals surface area contributed by atoms with Gasteiger partial charge >= 0.3 is 11.4 Å². The van der Waals surface area contributed by atoms with Gasteiger partial charge in [-0.05, 0) is 35.4 Å². The van der Waals surface area contributed by atoms with E-state index in [0.29, 0.717) is 24.5 Å². The van der Waals surface area contributed by atoms with Gasteiger partial charge in [0.15, 0.2) is 9.95 Å². The average Bonchev–Trinajstić information content (AvgIpc) is 2.72. The Morgan fingerprint density at radius 2 is 1.04 bits per heavy atom. The highest BCUT2D eigenvalue weighted by atomic mass is 14.9. The molecule has 0 aromatic heterocycles. The number of anilines is 2. The zero-order chi connectivity index (χ0) is 18.2. The Balaban J connectivity index is 1.57. The molecule has 2 N–H and O–H groups in total. The lowest BCUT2D eigenvalue weighted by Gasteiger charge is -2.09. The fourth-order valence-electron chi connectivity index (χ4n) is 2.55. The molecule has 0 amide bonds. The van der Waals surface area contributed by atoms with Crippen molar-refractivity contribution in [3.05, 3.63) is 93.9 Å². The van der Waals surface area contributed by atoms with E-state index in [4.69, 9.17) is 10.8 Å². The van der Waals surface area contributed by atoms with Crippen molar-refractivity contribution in [3.8, 4) is 0 Å². The van der Waals surface area contributed by atoms with Crippen molar-refractivity contribution < 1.29 is 0 Å². The van der Waals surface area contributed by atoms with Crippen LogP contribution in [0.25, 0.3) is 9.95 Å². The number of nitrogens with zero attached hydrogens (tertiary/aromatic N) is 4. The van der Waals surface area contributed by atoms with Gasteiger partial charge in [0.25, 0.3) is 0 Å². The Morgan fingerprint density at radius 3 is 1.42 bits per heavy atom. The second-order valence-corrected chi connectivity index (χ2v) is 5.82. The molecule has 0 fully saturated rings. The van der Waals surface area contributed by atoms with Crippen LogP contribution < -0.4 is 10.6 Å². The van der Waals surface area contributed by atoms with E-state index in [0.717, 1.165) is 11.4 Å². The highest BCUT2D eigenvalue weighted by Crippen LogP contribution is 2.18. The summed E-state index contributed by atoms with van der Waals surface area (Å²) in [5.41, 5.74) is 5.35. The summed E-state index contributed by atoms with van der Waals surface area (Å²) >= 11 is 0. The molecule has 0 saturated heterocycles. The molecule has 0 unspecified atom stereocenters. The first-order valence-electron chi connectivity index (χ1n) is 8.23. The van der Waals surface area contributed by atoms with Gasteiger partial charge in [0, 0.05) is 48.7 Å². The van der Waals surface area contributed by atoms with Crippen LogP contribution in [0.2, 0.25) is 0 Å². The lowest BCUT2D eigenvalue weighted by molar-refractivity contribution is 1.10. The summed E-state index contributed by atoms with van der Waals surface area (Å²) in [6, 6.07) is 22.8. The van der Waals surface area contributed by atoms with E-state index < -0.39 is 0 Å². The van der Waals surface area contributed by atoms with E-state index in [-0.39, 0.29) is 0 Å². The third-order valence-corrected chi connectivity index (χ3v) is 3.95. The third kappa shape index (κ3) is 4.56. The van der Waals surface area contributed by atoms with Gasteiger partial charge in [-0.25, -0.2) is 0 Å². The van der Waals surface area contributed by atoms with E-state index in [1.165, 1.54) is 11.1 Å². The summed E-state index contributed by atoms with van der Waals surface area (Å²) in [7, 11) is 0. The maximum Gasteiger partial charge on any atom is 0.385 e. The van der Waals surface area contributed by atoms with E-state index >= 15 is 0 Å². The quantitative estimate of drug-likeness (QED) is 0.548. The van der Waals surface area contributed by atoms with Crippen LogP contribution in [-0.2, 0) is 13.1 Å². The molecule has 0 aliphatic carbocycles. The van der Waals surface area contributed by atoms with Crippen LogP contribution in [0.4, 0.5) is 22.7 Å². The Labute approximate surface area is 151 Å². The number of benzene rings is 3. The molecule has 0 spiro atoms. The Kier molecular flexibility index (Phi) is 5.39. The van der Waals surface area contributed by atoms with Gasteiger partial charge in [-0.2, -0.15) is 0 Å². The van der Waals surface area contributed by atoms with Crippen LogP contribution in [0.1, 0.15) is 11.1 Å². The van der Waals surface area contributed by atoms with Crippen molar-refractivity contribution in [3.63, 3.8) is 0 Å². The lowest BCUT2D eigenvalue weighted by Crippen LogP contribution is -2.02. The number of rotatable bonds is 6. The number of hydrogen-bond donors (Lipinski definition) is 2. The van der Waals surface area contributed by atoms with Gasteiger partial charge in [-0.1, -0.05) is 24.3 Å². The normalized spacial score (nSPS) is 9.77. The molecule has 0 radical (unpaired) electrons. The molecular formula is C20H18N6+2. The van der Waals surface area contributed by atoms with Crippen molar-refractivity contribution in [2.45, 2.75) is 13.1 Å². The van der Waals surface area contributed by atoms with Gasteiger partial charge in [-0.15, -0.1) is 0 Å². The van der Waals surface area contributed by atoms with Crippen molar-refractivity contribution >= 4 is 22.7 Å². The first-order chi connectivity index (χ1) is 12.8. The molecule has 3 aromatic carbocycles. The maximum absolute atomic E-state index is 8.71. The first-order valence-corrected chi connectivity index (χ1v) is 8.23. The van der Waals surface area contributed by atoms with Gasteiger partial charge < -0.3 is 10.6 Å². The fourth-order valence-corrected chi connectivity index (χ4v) is 2.55. The second-order valence-electron chi connectivity index (χ2n) is 5.82. The van der Waals surface area contributed by atoms with Crippen LogP contribution in [0, 0.1) is 10.8 Å². The molecule has 6 heteroatoms. The van der Waals surface area contributed by atoms with Crippen LogP contribution in [0.15, 0.2) is 72.8 Å². The summed E-state index contributed by atoms with van der Waals surface area (Å²) in [5, 5.41) is 24.1. The zero-order valence-electron chi connectivity index (χ0n) is 14.1. The molecule has 0 atom stereocenters. The average molecular weight is 342 g/mol. The molecule has 26 heavy (non-hydrogen) atoms. The summed E-state index contributed by atoms with van der Waals surface area (Å²) in [6.45, 7) is 1.41. The smallest absolute Gasteiger partial charge is 0.381 e. The van der Waals surface area contributed by atoms with Gasteiger partial charge in [0.2, 0.25) is 10.8 Å². The molecule has 0 saturated carbocycles. The van der Waals surface area contributed by atoms with Crippen LogP contribution in [-0.4, -0.2) is 0 Å². The van der Waals surface area contributed by atoms with Crippen molar-refractivity contribution in [2.75, 3.05) is 10.6 Å². The first kappa shape index (κ1) is 16.9. The van der Waals surface area contributed by atoms with Gasteiger partial charge in [0.1, 0.15) is 0 Å². The molecule has 126 valence electrons. The zero-order valence-corrected chi connectivity index (χ0v) is 14.1. The van der Waals surface area contributed by atoms with Crippen LogP contribution in [0.3, 0.4) is 0 Å². The van der Waals surface area contributed by atoms with Crippen molar-refractivity contribution in [2.24, 2.45) is 0 Å². The largest absolute Gasteiger partial charge is 0.385 e. The predicted octanol–water partition coefficient (Wildman–Crippen LogP) is 5.88. The Morgan fingerprint density at radius 1 is 0.615 bits per heavy atom. The summed E-state index contributed by atoms with van der Waals surface area (Å²) in [5.74, 6) is 0. The minimum Gasteiger partial charge on any atom is -0.381 e. The summed E-state index contributed by atoms with van der Waals surface area (Å²) in [4.78, 5) is 6.29. The fraction of sp³-hybridized carbons (Fsp3) is 0.100. The topological polar surface area (TPSA) is 80.4 Å². The molecule has 0 aliphatic heterocycles. The van der Waals surface area contributed by atoms with Gasteiger partial charge in [0.05, 0.1) is 0 Å². The highest BCUT2D eigenvalue weighted by Gasteiger charge is 2.04. The minimum absolute atomic E-state index is 0.532. The summed E-state index contributed by atoms with van der Waals surface area (Å²) in [6.07, 6.45) is 0. The Bertz CT molecular complexity index is 873. The van der Waals surface area contributed by atoms with Crippen molar-refractivity contribution in [1.82, 2.24) is 0 Å². The summed E-state index contributed by atoms with van der Waals surface area (Å²) < 4.78 is 0. The molecule has 0 heterocycles. The predicted molar refractivity (Wildman–Crippen MR) is 103 cm³/mol. The minimum atomic E-state index is 0.532. The van der Waals surface area contributed by atoms with E-state index in [1.54, 1.807) is 24.3 Å². The SMILES string of the molecule is N#[N+]c1ccc(NCc2cccc(CNc3ccc([N+]#N)cc3)c2)cc1. The Hall–Kier alpha value is -3.90. The molecule has 0 aliphatic rings. The molecule has 3 rings (SSSR count). The van der Waals surface area contributed by atoms with E-state index in [2.05, 4.69) is 38.8 Å². The van der Waals surface area contributed by atoms with Gasteiger partial charge in [-0.3, -0.25) is 0 Å². The van der Waals surface area contributed by atoms with E-state index in [9.17, 15) is 0 Å². The standard InChI is InChI=1S/C20H18N6/c21-25-19-8-4-17(5-9-19)23-13-15-2-1-3-16(12-15)14-24-18-6-10-20(26-22)11-7-18/h1-12,23-24H,13-14H2/q+2. The molecule has 6 nitrogen and oxygen atoms in total. The molecule has 0 bridgehead atoms. The van der Waals surface area contributed by atoms with E-state index in [1.807, 2.05) is 30.3 Å². The third-order valence-electron chi connectivity index (χ3n) is 3.95. The number of diazo groups is 2. The highest BCUT2D eigenvalue weighted by molar-refractivity contribution is 5.55. The maximum atomic E-state index is 8.71. The van der Waals surface area contributed by atoms with Crippen LogP contribution in [0.5, 0.6) is 0 Å².